The fourth-order valence-electron chi connectivity index (χ4n) is 3.72. The summed E-state index contributed by atoms with van der Waals surface area (Å²) in [7, 11) is 0. The summed E-state index contributed by atoms with van der Waals surface area (Å²) >= 11 is 0. The van der Waals surface area contributed by atoms with E-state index in [9.17, 15) is 5.11 Å². The Labute approximate surface area is 109 Å². The Morgan fingerprint density at radius 1 is 0.944 bits per heavy atom. The highest BCUT2D eigenvalue weighted by atomic mass is 16.7. The maximum absolute atomic E-state index is 10.6. The van der Waals surface area contributed by atoms with Crippen molar-refractivity contribution < 1.29 is 14.6 Å². The zero-order valence-electron chi connectivity index (χ0n) is 11.2. The number of β-amino-alcohol motifs (C(OH)–C–C–N with tert-alkyl or cyclic N) is 1. The maximum atomic E-state index is 10.6. The van der Waals surface area contributed by atoms with Crippen molar-refractivity contribution in [1.29, 1.82) is 0 Å². The first kappa shape index (κ1) is 12.9. The fraction of sp³-hybridized carbons (Fsp3) is 1.00. The van der Waals surface area contributed by atoms with Crippen molar-refractivity contribution in [2.45, 2.75) is 56.3 Å². The van der Waals surface area contributed by atoms with Gasteiger partial charge in [0.2, 0.25) is 0 Å². The Bertz CT molecular complexity index is 283. The fourth-order valence-corrected chi connectivity index (χ4v) is 3.72. The third-order valence-corrected chi connectivity index (χ3v) is 4.61. The Morgan fingerprint density at radius 3 is 2.39 bits per heavy atom. The molecular formula is C14H25NO3. The van der Waals surface area contributed by atoms with Crippen molar-refractivity contribution in [2.75, 3.05) is 32.8 Å². The van der Waals surface area contributed by atoms with E-state index < -0.39 is 5.60 Å². The van der Waals surface area contributed by atoms with Crippen LogP contribution in [0.5, 0.6) is 0 Å². The van der Waals surface area contributed by atoms with E-state index in [1.807, 2.05) is 0 Å². The number of likely N-dealkylation sites (tertiary alicyclic amines) is 1. The predicted octanol–water partition coefficient (Wildman–Crippen LogP) is 1.52. The van der Waals surface area contributed by atoms with Gasteiger partial charge in [-0.15, -0.1) is 0 Å². The van der Waals surface area contributed by atoms with Crippen LogP contribution in [0.4, 0.5) is 0 Å². The van der Waals surface area contributed by atoms with Gasteiger partial charge in [-0.1, -0.05) is 19.3 Å². The van der Waals surface area contributed by atoms with Crippen LogP contribution in [0.1, 0.15) is 44.9 Å². The molecule has 1 N–H and O–H groups in total. The number of piperidine rings is 1. The number of nitrogens with zero attached hydrogens (tertiary/aromatic N) is 1. The summed E-state index contributed by atoms with van der Waals surface area (Å²) in [4.78, 5) is 2.35. The summed E-state index contributed by atoms with van der Waals surface area (Å²) < 4.78 is 11.6. The van der Waals surface area contributed by atoms with Gasteiger partial charge in [-0.3, -0.25) is 4.90 Å². The average molecular weight is 255 g/mol. The second-order valence-electron chi connectivity index (χ2n) is 6.21. The highest BCUT2D eigenvalue weighted by Gasteiger charge is 2.42. The molecular weight excluding hydrogens is 230 g/mol. The van der Waals surface area contributed by atoms with Crippen LogP contribution in [-0.4, -0.2) is 54.2 Å². The van der Waals surface area contributed by atoms with Crippen molar-refractivity contribution in [1.82, 2.24) is 4.90 Å². The lowest BCUT2D eigenvalue weighted by Crippen LogP contribution is -2.54. The Morgan fingerprint density at radius 2 is 1.67 bits per heavy atom. The molecule has 3 rings (SSSR count). The number of rotatable bonds is 2. The molecule has 0 atom stereocenters. The Hall–Kier alpha value is -0.160. The van der Waals surface area contributed by atoms with E-state index >= 15 is 0 Å². The van der Waals surface area contributed by atoms with Gasteiger partial charge in [-0.2, -0.15) is 0 Å². The third-order valence-electron chi connectivity index (χ3n) is 4.61. The van der Waals surface area contributed by atoms with Crippen molar-refractivity contribution in [3.05, 3.63) is 0 Å². The molecule has 0 aromatic heterocycles. The van der Waals surface area contributed by atoms with Gasteiger partial charge in [-0.25, -0.2) is 0 Å². The number of hydrogen-bond donors (Lipinski definition) is 1. The molecule has 1 spiro atoms. The van der Waals surface area contributed by atoms with E-state index in [1.54, 1.807) is 0 Å². The highest BCUT2D eigenvalue weighted by Crippen LogP contribution is 2.33. The maximum Gasteiger partial charge on any atom is 0.181 e. The van der Waals surface area contributed by atoms with Crippen molar-refractivity contribution in [2.24, 2.45) is 0 Å². The zero-order valence-corrected chi connectivity index (χ0v) is 11.2. The molecule has 0 aromatic carbocycles. The molecule has 4 nitrogen and oxygen atoms in total. The minimum absolute atomic E-state index is 0.358. The largest absolute Gasteiger partial charge is 0.389 e. The lowest BCUT2D eigenvalue weighted by Gasteiger charge is -2.43. The minimum Gasteiger partial charge on any atom is -0.389 e. The second-order valence-corrected chi connectivity index (χ2v) is 6.21. The molecule has 3 fully saturated rings. The molecule has 104 valence electrons. The summed E-state index contributed by atoms with van der Waals surface area (Å²) in [6.45, 7) is 4.13. The lowest BCUT2D eigenvalue weighted by atomic mass is 9.84. The molecule has 0 amide bonds. The standard InChI is InChI=1S/C14H25NO3/c16-13(5-2-1-3-6-13)11-15-8-4-7-14(12-15)17-9-10-18-14/h16H,1-12H2. The zero-order chi connectivity index (χ0) is 12.5. The van der Waals surface area contributed by atoms with Crippen LogP contribution in [0, 0.1) is 0 Å². The first-order chi connectivity index (χ1) is 8.70. The summed E-state index contributed by atoms with van der Waals surface area (Å²) in [5, 5.41) is 10.6. The monoisotopic (exact) mass is 255 g/mol. The molecule has 2 saturated heterocycles. The van der Waals surface area contributed by atoms with Crippen molar-refractivity contribution >= 4 is 0 Å². The van der Waals surface area contributed by atoms with Crippen LogP contribution in [0.3, 0.4) is 0 Å². The number of ether oxygens (including phenoxy) is 2. The van der Waals surface area contributed by atoms with E-state index in [1.165, 1.54) is 19.3 Å². The van der Waals surface area contributed by atoms with E-state index in [0.717, 1.165) is 58.5 Å². The van der Waals surface area contributed by atoms with Crippen LogP contribution in [0.25, 0.3) is 0 Å². The van der Waals surface area contributed by atoms with Gasteiger partial charge in [-0.05, 0) is 25.8 Å². The van der Waals surface area contributed by atoms with Gasteiger partial charge in [0.25, 0.3) is 0 Å². The van der Waals surface area contributed by atoms with Gasteiger partial charge in [0, 0.05) is 13.0 Å². The van der Waals surface area contributed by atoms with Crippen LogP contribution in [0.2, 0.25) is 0 Å². The van der Waals surface area contributed by atoms with Gasteiger partial charge in [0.15, 0.2) is 5.79 Å². The van der Waals surface area contributed by atoms with Gasteiger partial charge >= 0.3 is 0 Å². The van der Waals surface area contributed by atoms with E-state index in [2.05, 4.69) is 4.90 Å². The smallest absolute Gasteiger partial charge is 0.181 e. The second kappa shape index (κ2) is 5.08. The van der Waals surface area contributed by atoms with Crippen molar-refractivity contribution in [3.63, 3.8) is 0 Å². The average Bonchev–Trinajstić information content (AvgIpc) is 2.77. The Balaban J connectivity index is 1.58. The van der Waals surface area contributed by atoms with Crippen LogP contribution in [-0.2, 0) is 9.47 Å². The van der Waals surface area contributed by atoms with Crippen LogP contribution < -0.4 is 0 Å². The molecule has 1 aliphatic carbocycles. The number of aliphatic hydroxyl groups is 1. The molecule has 0 bridgehead atoms. The first-order valence-electron chi connectivity index (χ1n) is 7.43. The molecule has 4 heteroatoms. The highest BCUT2D eigenvalue weighted by molar-refractivity contribution is 4.90. The van der Waals surface area contributed by atoms with Gasteiger partial charge in [0.1, 0.15) is 0 Å². The van der Waals surface area contributed by atoms with Gasteiger partial charge < -0.3 is 14.6 Å². The summed E-state index contributed by atoms with van der Waals surface area (Å²) in [5.74, 6) is -0.358. The normalized spacial score (nSPS) is 31.8. The lowest BCUT2D eigenvalue weighted by molar-refractivity contribution is -0.195. The molecule has 2 heterocycles. The quantitative estimate of drug-likeness (QED) is 0.812. The molecule has 18 heavy (non-hydrogen) atoms. The van der Waals surface area contributed by atoms with Crippen molar-refractivity contribution in [3.8, 4) is 0 Å². The van der Waals surface area contributed by atoms with E-state index in [-0.39, 0.29) is 5.79 Å². The summed E-state index contributed by atoms with van der Waals surface area (Å²) in [6.07, 6.45) is 7.64. The molecule has 0 aromatic rings. The van der Waals surface area contributed by atoms with E-state index in [0.29, 0.717) is 0 Å². The Kier molecular flexibility index (Phi) is 3.63. The SMILES string of the molecule is OC1(CN2CCCC3(C2)OCCO3)CCCCC1. The molecule has 3 aliphatic rings. The van der Waals surface area contributed by atoms with E-state index in [4.69, 9.17) is 9.47 Å². The predicted molar refractivity (Wildman–Crippen MR) is 68.3 cm³/mol. The number of hydrogen-bond acceptors (Lipinski definition) is 4. The molecule has 2 aliphatic heterocycles. The minimum atomic E-state index is -0.463. The third kappa shape index (κ3) is 2.72. The summed E-state index contributed by atoms with van der Waals surface area (Å²) in [6, 6.07) is 0. The van der Waals surface area contributed by atoms with Gasteiger partial charge in [0.05, 0.1) is 25.4 Å². The topological polar surface area (TPSA) is 41.9 Å². The van der Waals surface area contributed by atoms with Crippen LogP contribution >= 0.6 is 0 Å². The first-order valence-corrected chi connectivity index (χ1v) is 7.43. The summed E-state index contributed by atoms with van der Waals surface area (Å²) in [5.41, 5.74) is -0.463. The molecule has 0 radical (unpaired) electrons. The molecule has 0 unspecified atom stereocenters. The molecule has 1 saturated carbocycles. The van der Waals surface area contributed by atoms with Crippen LogP contribution in [0.15, 0.2) is 0 Å².